The summed E-state index contributed by atoms with van der Waals surface area (Å²) in [6.07, 6.45) is 1.51. The fourth-order valence-corrected chi connectivity index (χ4v) is 2.71. The molecule has 1 unspecified atom stereocenters. The summed E-state index contributed by atoms with van der Waals surface area (Å²) < 4.78 is 1.62. The van der Waals surface area contributed by atoms with Crippen LogP contribution in [-0.2, 0) is 13.5 Å². The van der Waals surface area contributed by atoms with Gasteiger partial charge in [0, 0.05) is 20.1 Å². The molecule has 19 heavy (non-hydrogen) atoms. The number of anilines is 1. The van der Waals surface area contributed by atoms with Gasteiger partial charge in [-0.15, -0.1) is 0 Å². The predicted octanol–water partition coefficient (Wildman–Crippen LogP) is 1.07. The van der Waals surface area contributed by atoms with E-state index in [2.05, 4.69) is 12.0 Å². The van der Waals surface area contributed by atoms with Crippen molar-refractivity contribution in [2.24, 2.45) is 18.2 Å². The Morgan fingerprint density at radius 1 is 1.58 bits per heavy atom. The van der Waals surface area contributed by atoms with Crippen LogP contribution in [0.5, 0.6) is 0 Å². The van der Waals surface area contributed by atoms with Gasteiger partial charge in [-0.05, 0) is 24.8 Å². The molecule has 2 rings (SSSR count). The third-order valence-electron chi connectivity index (χ3n) is 3.93. The number of aromatic nitrogens is 2. The molecular weight excluding hydrogens is 246 g/mol. The van der Waals surface area contributed by atoms with Crippen LogP contribution in [0.3, 0.4) is 0 Å². The Balaban J connectivity index is 2.40. The van der Waals surface area contributed by atoms with Gasteiger partial charge in [-0.2, -0.15) is 5.10 Å². The smallest absolute Gasteiger partial charge is 0.334 e. The molecule has 1 aliphatic rings. The molecule has 0 bridgehead atoms. The molecule has 0 spiro atoms. The highest BCUT2D eigenvalue weighted by Crippen LogP contribution is 2.38. The summed E-state index contributed by atoms with van der Waals surface area (Å²) in [7, 11) is 1.76. The zero-order valence-electron chi connectivity index (χ0n) is 11.7. The van der Waals surface area contributed by atoms with Crippen molar-refractivity contribution in [3.8, 4) is 0 Å². The summed E-state index contributed by atoms with van der Waals surface area (Å²) in [6, 6.07) is 0. The molecule has 106 valence electrons. The fraction of sp³-hybridized carbons (Fsp3) is 0.750. The van der Waals surface area contributed by atoms with E-state index in [1.165, 1.54) is 0 Å². The lowest BCUT2D eigenvalue weighted by Crippen LogP contribution is -2.32. The summed E-state index contributed by atoms with van der Waals surface area (Å²) in [6.45, 7) is 6.13. The van der Waals surface area contributed by atoms with Gasteiger partial charge in [0.2, 0.25) is 5.82 Å². The van der Waals surface area contributed by atoms with Crippen molar-refractivity contribution in [1.29, 1.82) is 0 Å². The molecule has 2 heterocycles. The molecule has 1 atom stereocenters. The van der Waals surface area contributed by atoms with Crippen LogP contribution in [0.4, 0.5) is 11.5 Å². The van der Waals surface area contributed by atoms with Crippen LogP contribution < -0.4 is 10.6 Å². The van der Waals surface area contributed by atoms with E-state index in [4.69, 9.17) is 5.73 Å². The van der Waals surface area contributed by atoms with E-state index in [0.717, 1.165) is 19.5 Å². The zero-order valence-corrected chi connectivity index (χ0v) is 11.7. The van der Waals surface area contributed by atoms with Crippen molar-refractivity contribution in [3.05, 3.63) is 15.8 Å². The first kappa shape index (κ1) is 13.8. The summed E-state index contributed by atoms with van der Waals surface area (Å²) in [4.78, 5) is 13.0. The standard InChI is InChI=1S/C12H21N5O2/c1-4-9-10(17(18)19)11(15(3)14-9)16-6-5-12(2,7-13)8-16/h4-8,13H2,1-3H3. The van der Waals surface area contributed by atoms with Gasteiger partial charge < -0.3 is 10.6 Å². The largest absolute Gasteiger partial charge is 0.350 e. The number of nitrogens with zero attached hydrogens (tertiary/aromatic N) is 4. The normalized spacial score (nSPS) is 23.1. The van der Waals surface area contributed by atoms with Crippen molar-refractivity contribution in [1.82, 2.24) is 9.78 Å². The molecule has 0 aliphatic carbocycles. The zero-order chi connectivity index (χ0) is 14.2. The van der Waals surface area contributed by atoms with Gasteiger partial charge in [-0.1, -0.05) is 13.8 Å². The quantitative estimate of drug-likeness (QED) is 0.651. The van der Waals surface area contributed by atoms with E-state index in [1.807, 2.05) is 11.8 Å². The van der Waals surface area contributed by atoms with Crippen LogP contribution in [0.15, 0.2) is 0 Å². The minimum atomic E-state index is -0.320. The molecule has 1 aliphatic heterocycles. The van der Waals surface area contributed by atoms with Crippen LogP contribution in [0.25, 0.3) is 0 Å². The summed E-state index contributed by atoms with van der Waals surface area (Å²) in [5.74, 6) is 0.610. The first-order chi connectivity index (χ1) is 8.91. The van der Waals surface area contributed by atoms with Gasteiger partial charge in [0.1, 0.15) is 5.69 Å². The maximum Gasteiger partial charge on any atom is 0.334 e. The summed E-state index contributed by atoms with van der Waals surface area (Å²) in [5, 5.41) is 15.6. The SMILES string of the molecule is CCc1nn(C)c(N2CCC(C)(CN)C2)c1[N+](=O)[O-]. The van der Waals surface area contributed by atoms with E-state index < -0.39 is 0 Å². The van der Waals surface area contributed by atoms with E-state index in [-0.39, 0.29) is 16.0 Å². The number of nitro groups is 1. The van der Waals surface area contributed by atoms with Gasteiger partial charge in [0.05, 0.1) is 4.92 Å². The molecule has 2 N–H and O–H groups in total. The van der Waals surface area contributed by atoms with Crippen LogP contribution in [0.1, 0.15) is 26.0 Å². The van der Waals surface area contributed by atoms with Crippen molar-refractivity contribution in [2.45, 2.75) is 26.7 Å². The van der Waals surface area contributed by atoms with E-state index >= 15 is 0 Å². The minimum Gasteiger partial charge on any atom is -0.350 e. The second kappa shape index (κ2) is 4.80. The topological polar surface area (TPSA) is 90.2 Å². The Morgan fingerprint density at radius 2 is 2.26 bits per heavy atom. The summed E-state index contributed by atoms with van der Waals surface area (Å²) in [5.41, 5.74) is 6.51. The van der Waals surface area contributed by atoms with E-state index in [0.29, 0.717) is 24.5 Å². The van der Waals surface area contributed by atoms with Crippen LogP contribution in [0.2, 0.25) is 0 Å². The summed E-state index contributed by atoms with van der Waals surface area (Å²) >= 11 is 0. The molecule has 7 nitrogen and oxygen atoms in total. The van der Waals surface area contributed by atoms with Gasteiger partial charge in [-0.3, -0.25) is 10.1 Å². The molecule has 1 saturated heterocycles. The molecule has 0 aromatic carbocycles. The lowest BCUT2D eigenvalue weighted by molar-refractivity contribution is -0.384. The number of hydrogen-bond donors (Lipinski definition) is 1. The molecule has 1 aromatic rings. The van der Waals surface area contributed by atoms with Gasteiger partial charge in [0.25, 0.3) is 0 Å². The lowest BCUT2D eigenvalue weighted by Gasteiger charge is -2.23. The van der Waals surface area contributed by atoms with Crippen molar-refractivity contribution >= 4 is 11.5 Å². The lowest BCUT2D eigenvalue weighted by atomic mass is 9.90. The second-order valence-corrected chi connectivity index (χ2v) is 5.54. The molecule has 0 radical (unpaired) electrons. The Kier molecular flexibility index (Phi) is 3.49. The van der Waals surface area contributed by atoms with E-state index in [9.17, 15) is 10.1 Å². The number of nitrogens with two attached hydrogens (primary N) is 1. The highest BCUT2D eigenvalue weighted by atomic mass is 16.6. The molecule has 0 amide bonds. The number of rotatable bonds is 4. The Morgan fingerprint density at radius 3 is 2.74 bits per heavy atom. The Bertz CT molecular complexity index is 499. The van der Waals surface area contributed by atoms with Gasteiger partial charge in [-0.25, -0.2) is 4.68 Å². The Hall–Kier alpha value is -1.63. The minimum absolute atomic E-state index is 0.0323. The monoisotopic (exact) mass is 267 g/mol. The average molecular weight is 267 g/mol. The first-order valence-electron chi connectivity index (χ1n) is 6.57. The molecule has 1 fully saturated rings. The van der Waals surface area contributed by atoms with Crippen LogP contribution >= 0.6 is 0 Å². The molecular formula is C12H21N5O2. The Labute approximate surface area is 112 Å². The highest BCUT2D eigenvalue weighted by Gasteiger charge is 2.38. The second-order valence-electron chi connectivity index (χ2n) is 5.54. The third kappa shape index (κ3) is 2.30. The van der Waals surface area contributed by atoms with Crippen LogP contribution in [-0.4, -0.2) is 34.3 Å². The maximum atomic E-state index is 11.3. The third-order valence-corrected chi connectivity index (χ3v) is 3.93. The number of hydrogen-bond acceptors (Lipinski definition) is 5. The maximum absolute atomic E-state index is 11.3. The van der Waals surface area contributed by atoms with Crippen molar-refractivity contribution < 1.29 is 4.92 Å². The van der Waals surface area contributed by atoms with Crippen molar-refractivity contribution in [3.63, 3.8) is 0 Å². The average Bonchev–Trinajstić information content (AvgIpc) is 2.90. The molecule has 1 aromatic heterocycles. The number of aryl methyl sites for hydroxylation is 2. The van der Waals surface area contributed by atoms with E-state index in [1.54, 1.807) is 11.7 Å². The predicted molar refractivity (Wildman–Crippen MR) is 73.2 cm³/mol. The van der Waals surface area contributed by atoms with Crippen LogP contribution in [0, 0.1) is 15.5 Å². The van der Waals surface area contributed by atoms with Gasteiger partial charge in [0.15, 0.2) is 0 Å². The van der Waals surface area contributed by atoms with Crippen molar-refractivity contribution in [2.75, 3.05) is 24.5 Å². The molecule has 7 heteroatoms. The fourth-order valence-electron chi connectivity index (χ4n) is 2.71. The van der Waals surface area contributed by atoms with Gasteiger partial charge >= 0.3 is 5.69 Å². The highest BCUT2D eigenvalue weighted by molar-refractivity contribution is 5.62. The first-order valence-corrected chi connectivity index (χ1v) is 6.57. The molecule has 0 saturated carbocycles.